The molecule has 35 heavy (non-hydrogen) atoms. The van der Waals surface area contributed by atoms with Crippen molar-refractivity contribution in [3.05, 3.63) is 108 Å². The summed E-state index contributed by atoms with van der Waals surface area (Å²) in [5.74, 6) is -2.12. The molecule has 7 nitrogen and oxygen atoms in total. The van der Waals surface area contributed by atoms with Crippen LogP contribution in [0.4, 0.5) is 0 Å². The van der Waals surface area contributed by atoms with Crippen LogP contribution in [0.1, 0.15) is 39.3 Å². The van der Waals surface area contributed by atoms with Crippen LogP contribution in [0.15, 0.2) is 91.0 Å². The van der Waals surface area contributed by atoms with Crippen molar-refractivity contribution in [2.24, 2.45) is 0 Å². The minimum Gasteiger partial charge on any atom is -0.459 e. The lowest BCUT2D eigenvalue weighted by atomic mass is 9.97. The maximum Gasteiger partial charge on any atom is 0.338 e. The Balaban J connectivity index is 1.60. The maximum absolute atomic E-state index is 12.9. The lowest BCUT2D eigenvalue weighted by Crippen LogP contribution is -2.50. The van der Waals surface area contributed by atoms with Gasteiger partial charge in [0.05, 0.1) is 16.7 Å². The van der Waals surface area contributed by atoms with E-state index in [-0.39, 0.29) is 17.7 Å². The van der Waals surface area contributed by atoms with Crippen molar-refractivity contribution in [1.82, 2.24) is 0 Å². The average molecular weight is 496 g/mol. The van der Waals surface area contributed by atoms with Gasteiger partial charge in [-0.05, 0) is 43.3 Å². The summed E-state index contributed by atoms with van der Waals surface area (Å²) >= 11 is 6.47. The van der Waals surface area contributed by atoms with Gasteiger partial charge in [-0.3, -0.25) is 0 Å². The second-order valence-corrected chi connectivity index (χ2v) is 8.25. The van der Waals surface area contributed by atoms with Gasteiger partial charge in [-0.1, -0.05) is 66.2 Å². The van der Waals surface area contributed by atoms with Gasteiger partial charge in [0.1, 0.15) is 12.7 Å². The molecule has 1 aliphatic rings. The third-order valence-corrected chi connectivity index (χ3v) is 5.89. The molecule has 1 heterocycles. The fraction of sp³-hybridized carbons (Fsp3) is 0.222. The van der Waals surface area contributed by atoms with Crippen molar-refractivity contribution >= 4 is 29.5 Å². The third kappa shape index (κ3) is 5.53. The van der Waals surface area contributed by atoms with E-state index < -0.39 is 48.2 Å². The molecule has 0 saturated carbocycles. The van der Waals surface area contributed by atoms with E-state index >= 15 is 0 Å². The van der Waals surface area contributed by atoms with Crippen molar-refractivity contribution < 1.29 is 34.7 Å². The van der Waals surface area contributed by atoms with Crippen LogP contribution in [0.3, 0.4) is 0 Å². The lowest BCUT2D eigenvalue weighted by Gasteiger charge is -2.32. The summed E-state index contributed by atoms with van der Waals surface area (Å²) in [7, 11) is 0. The molecule has 3 aromatic carbocycles. The predicted molar refractivity (Wildman–Crippen MR) is 127 cm³/mol. The van der Waals surface area contributed by atoms with E-state index in [0.29, 0.717) is 5.56 Å². The largest absolute Gasteiger partial charge is 0.459 e. The zero-order chi connectivity index (χ0) is 25.5. The fourth-order valence-electron chi connectivity index (χ4n) is 3.57. The molecule has 0 spiro atoms. The number of alkyl halides is 1. The van der Waals surface area contributed by atoms with Crippen molar-refractivity contribution in [3.8, 4) is 0 Å². The zero-order valence-corrected chi connectivity index (χ0v) is 19.3. The molecular formula is C27H23ClO7. The van der Waals surface area contributed by atoms with Gasteiger partial charge in [0.15, 0.2) is 17.3 Å². The molecule has 3 aromatic rings. The first-order valence-electron chi connectivity index (χ1n) is 11.5. The SMILES string of the molecule is [2H]C[C@]1(OC(=O)c2ccccc2)C(Cl)O[C@H](COC(=O)c2ccccc2)[C@H]1OC(=O)c1ccccc1. The number of carbonyl (C=O) groups is 3. The van der Waals surface area contributed by atoms with E-state index in [0.717, 1.165) is 0 Å². The van der Waals surface area contributed by atoms with Gasteiger partial charge in [-0.25, -0.2) is 14.4 Å². The molecule has 180 valence electrons. The first-order chi connectivity index (χ1) is 17.4. The zero-order valence-electron chi connectivity index (χ0n) is 19.5. The summed E-state index contributed by atoms with van der Waals surface area (Å²) in [5, 5.41) is 0. The Morgan fingerprint density at radius 3 is 1.83 bits per heavy atom. The topological polar surface area (TPSA) is 88.1 Å². The second-order valence-electron chi connectivity index (χ2n) is 7.86. The van der Waals surface area contributed by atoms with Crippen LogP contribution in [0.5, 0.6) is 0 Å². The number of hydrogen-bond acceptors (Lipinski definition) is 7. The minimum absolute atomic E-state index is 0.223. The molecule has 0 amide bonds. The van der Waals surface area contributed by atoms with Crippen molar-refractivity contribution in [1.29, 1.82) is 0 Å². The molecule has 0 aromatic heterocycles. The standard InChI is InChI=1S/C27H23ClO7/c1-27(35-25(31)20-15-9-4-10-16-20)22(34-24(30)19-13-7-3-8-14-19)21(33-26(27)28)17-32-23(29)18-11-5-2-6-12-18/h2-16,21-22,26H,17H2,1H3/t21-,22-,26?,27-/m1/s1/i1D. The number of benzene rings is 3. The Hall–Kier alpha value is -3.68. The third-order valence-electron chi connectivity index (χ3n) is 5.42. The summed E-state index contributed by atoms with van der Waals surface area (Å²) in [4.78, 5) is 38.4. The van der Waals surface area contributed by atoms with Crippen LogP contribution in [-0.2, 0) is 18.9 Å². The van der Waals surface area contributed by atoms with Gasteiger partial charge in [-0.2, -0.15) is 0 Å². The normalized spacial score (nSPS) is 23.7. The summed E-state index contributed by atoms with van der Waals surface area (Å²) in [6.45, 7) is -0.927. The molecule has 4 rings (SSSR count). The lowest BCUT2D eigenvalue weighted by molar-refractivity contribution is -0.0782. The summed E-state index contributed by atoms with van der Waals surface area (Å²) in [6, 6.07) is 24.6. The number of hydrogen-bond donors (Lipinski definition) is 0. The van der Waals surface area contributed by atoms with Crippen LogP contribution in [-0.4, -0.2) is 47.9 Å². The first-order valence-corrected chi connectivity index (χ1v) is 11.2. The van der Waals surface area contributed by atoms with Gasteiger partial charge in [0.2, 0.25) is 0 Å². The van der Waals surface area contributed by atoms with Crippen LogP contribution in [0.2, 0.25) is 0 Å². The highest BCUT2D eigenvalue weighted by Crippen LogP contribution is 2.40. The van der Waals surface area contributed by atoms with E-state index in [1.165, 1.54) is 0 Å². The van der Waals surface area contributed by atoms with Crippen molar-refractivity contribution in [3.63, 3.8) is 0 Å². The molecule has 0 bridgehead atoms. The quantitative estimate of drug-likeness (QED) is 0.268. The van der Waals surface area contributed by atoms with Crippen LogP contribution < -0.4 is 0 Å². The Labute approximate surface area is 208 Å². The molecular weight excluding hydrogens is 472 g/mol. The molecule has 1 unspecified atom stereocenters. The molecule has 1 aliphatic heterocycles. The number of esters is 3. The van der Waals surface area contributed by atoms with Crippen molar-refractivity contribution in [2.45, 2.75) is 30.3 Å². The summed E-state index contributed by atoms with van der Waals surface area (Å²) < 4.78 is 30.8. The minimum atomic E-state index is -1.86. The van der Waals surface area contributed by atoms with E-state index in [9.17, 15) is 14.4 Å². The number of halogens is 1. The van der Waals surface area contributed by atoms with Gasteiger partial charge in [0.25, 0.3) is 0 Å². The molecule has 0 radical (unpaired) electrons. The van der Waals surface area contributed by atoms with Gasteiger partial charge in [-0.15, -0.1) is 0 Å². The predicted octanol–water partition coefficient (Wildman–Crippen LogP) is 4.65. The van der Waals surface area contributed by atoms with Crippen LogP contribution >= 0.6 is 11.6 Å². The monoisotopic (exact) mass is 495 g/mol. The van der Waals surface area contributed by atoms with E-state index in [1.807, 2.05) is 0 Å². The van der Waals surface area contributed by atoms with E-state index in [1.54, 1.807) is 91.0 Å². The van der Waals surface area contributed by atoms with Crippen molar-refractivity contribution in [2.75, 3.05) is 6.61 Å². The Morgan fingerprint density at radius 2 is 1.31 bits per heavy atom. The maximum atomic E-state index is 12.9. The second kappa shape index (κ2) is 10.7. The molecule has 1 saturated heterocycles. The van der Waals surface area contributed by atoms with Crippen LogP contribution in [0.25, 0.3) is 0 Å². The smallest absolute Gasteiger partial charge is 0.338 e. The van der Waals surface area contributed by atoms with Crippen LogP contribution in [0, 0.1) is 0 Å². The average Bonchev–Trinajstić information content (AvgIpc) is 3.18. The molecule has 0 N–H and O–H groups in total. The highest BCUT2D eigenvalue weighted by molar-refractivity contribution is 6.20. The highest BCUT2D eigenvalue weighted by Gasteiger charge is 2.59. The van der Waals surface area contributed by atoms with E-state index in [4.69, 9.17) is 31.9 Å². The summed E-state index contributed by atoms with van der Waals surface area (Å²) in [6.07, 6.45) is -2.43. The number of carbonyl (C=O) groups excluding carboxylic acids is 3. The number of rotatable bonds is 7. The molecule has 1 fully saturated rings. The van der Waals surface area contributed by atoms with Gasteiger partial charge in [0, 0.05) is 1.37 Å². The van der Waals surface area contributed by atoms with Gasteiger partial charge < -0.3 is 18.9 Å². The molecule has 8 heteroatoms. The molecule has 0 aliphatic carbocycles. The number of ether oxygens (including phenoxy) is 4. The Morgan fingerprint density at radius 1 is 0.829 bits per heavy atom. The summed E-state index contributed by atoms with van der Waals surface area (Å²) in [5.41, 5.74) is -2.43. The fourth-order valence-corrected chi connectivity index (χ4v) is 3.87. The Kier molecular flexibility index (Phi) is 7.07. The highest BCUT2D eigenvalue weighted by atomic mass is 35.5. The molecule has 4 atom stereocenters. The first kappa shape index (κ1) is 23.1. The van der Waals surface area contributed by atoms with E-state index in [2.05, 4.69) is 0 Å². The Bertz CT molecular complexity index is 1190. The van der Waals surface area contributed by atoms with Gasteiger partial charge >= 0.3 is 17.9 Å².